The quantitative estimate of drug-likeness (QED) is 0.492. The molecule has 0 spiro atoms. The normalized spacial score (nSPS) is 7.53. The van der Waals surface area contributed by atoms with Gasteiger partial charge in [0.15, 0.2) is 0 Å². The van der Waals surface area contributed by atoms with Gasteiger partial charge in [-0.25, -0.2) is 0 Å². The Hall–Kier alpha value is 0.245. The Morgan fingerprint density at radius 2 is 1.59 bits per heavy atom. The second-order valence-electron chi connectivity index (χ2n) is 2.30. The van der Waals surface area contributed by atoms with Crippen molar-refractivity contribution < 1.29 is 71.4 Å². The number of nitrogens with two attached hydrogens (primary N) is 1. The number of benzene rings is 1. The van der Waals surface area contributed by atoms with Crippen LogP contribution in [-0.2, 0) is 24.1 Å². The Labute approximate surface area is 153 Å². The molecule has 0 fully saturated rings. The van der Waals surface area contributed by atoms with Crippen molar-refractivity contribution >= 4 is 22.5 Å². The van der Waals surface area contributed by atoms with Gasteiger partial charge in [-0.05, 0) is 12.1 Å². The maximum absolute atomic E-state index is 9.75. The van der Waals surface area contributed by atoms with E-state index in [-0.39, 0.29) is 58.2 Å². The largest absolute Gasteiger partial charge is 1.00 e. The molecule has 0 bridgehead atoms. The van der Waals surface area contributed by atoms with E-state index < -0.39 is 16.8 Å². The maximum Gasteiger partial charge on any atom is 1.00 e. The smallest absolute Gasteiger partial charge is 0.403 e. The Morgan fingerprint density at radius 1 is 1.18 bits per heavy atom. The third kappa shape index (κ3) is 22.0. The van der Waals surface area contributed by atoms with Gasteiger partial charge < -0.3 is 18.9 Å². The van der Waals surface area contributed by atoms with E-state index >= 15 is 0 Å². The van der Waals surface area contributed by atoms with Crippen LogP contribution < -0.4 is 68.6 Å². The fourth-order valence-electron chi connectivity index (χ4n) is 0.570. The van der Waals surface area contributed by atoms with Crippen LogP contribution in [0.15, 0.2) is 30.3 Å². The Balaban J connectivity index is -0.000000191. The fraction of sp³-hybridized carbons (Fsp3) is 0.300. The van der Waals surface area contributed by atoms with Crippen molar-refractivity contribution in [1.29, 1.82) is 0 Å². The summed E-state index contributed by atoms with van der Waals surface area (Å²) in [5.74, 6) is -0.576. The topological polar surface area (TPSA) is 89.3 Å². The molecule has 0 aliphatic heterocycles. The summed E-state index contributed by atoms with van der Waals surface area (Å²) in [6.07, 6.45) is 0. The first-order chi connectivity index (χ1) is 7.52. The number of carbonyl (C=O) groups is 1. The predicted molar refractivity (Wildman–Crippen MR) is 64.8 cm³/mol. The average Bonchev–Trinajstić information content (AvgIpc) is 2.20. The van der Waals surface area contributed by atoms with E-state index in [1.165, 1.54) is 0 Å². The van der Waals surface area contributed by atoms with Gasteiger partial charge in [0, 0.05) is 23.5 Å². The maximum atomic E-state index is 9.75. The van der Waals surface area contributed by atoms with Gasteiger partial charge in [-0.3, -0.25) is 4.79 Å². The average molecular weight is 331 g/mol. The summed E-state index contributed by atoms with van der Waals surface area (Å²) < 4.78 is 20.5. The van der Waals surface area contributed by atoms with Gasteiger partial charge in [-0.1, -0.05) is 32.0 Å². The number of carbonyl (C=O) groups excluding carboxylic acids is 1. The van der Waals surface area contributed by atoms with Crippen LogP contribution in [-0.4, -0.2) is 5.91 Å². The molecule has 7 heteroatoms. The first kappa shape index (κ1) is 22.4. The van der Waals surface area contributed by atoms with E-state index in [0.717, 1.165) is 12.6 Å². The van der Waals surface area contributed by atoms with Crippen LogP contribution in [0.3, 0.4) is 0 Å². The number of nitrogens with one attached hydrogen (secondary N) is 1. The first-order valence-electron chi connectivity index (χ1n) is 4.69. The summed E-state index contributed by atoms with van der Waals surface area (Å²) in [5.41, 5.74) is 6.18. The minimum absolute atomic E-state index is 0. The summed E-state index contributed by atoms with van der Waals surface area (Å²) in [6, 6.07) is 9.49. The molecule has 1 rings (SSSR count). The van der Waals surface area contributed by atoms with Gasteiger partial charge in [0.2, 0.25) is 5.91 Å². The third-order valence-corrected chi connectivity index (χ3v) is 1.48. The minimum atomic E-state index is -2.45. The SMILES string of the molecule is CC.CC(=O)N[S-](=O)=O.Nc1ccccc1.[Rb+]. The number of amides is 1. The Morgan fingerprint density at radius 3 is 1.71 bits per heavy atom. The second-order valence-corrected chi connectivity index (χ2v) is 2.98. The zero-order valence-electron chi connectivity index (χ0n) is 10.6. The molecule has 17 heavy (non-hydrogen) atoms. The van der Waals surface area contributed by atoms with Crippen molar-refractivity contribution in [3.63, 3.8) is 0 Å². The summed E-state index contributed by atoms with van der Waals surface area (Å²) in [6.45, 7) is 5.12. The zero-order valence-corrected chi connectivity index (χ0v) is 16.3. The molecule has 0 aliphatic carbocycles. The minimum Gasteiger partial charge on any atom is -0.403 e. The Kier molecular flexibility index (Phi) is 21.4. The van der Waals surface area contributed by atoms with Crippen molar-refractivity contribution in [3.05, 3.63) is 30.3 Å². The molecule has 0 aromatic heterocycles. The van der Waals surface area contributed by atoms with Crippen LogP contribution in [0.1, 0.15) is 20.8 Å². The van der Waals surface area contributed by atoms with Gasteiger partial charge in [0.05, 0.1) is 0 Å². The van der Waals surface area contributed by atoms with E-state index in [4.69, 9.17) is 5.73 Å². The van der Waals surface area contributed by atoms with Gasteiger partial charge in [0.1, 0.15) is 0 Å². The zero-order chi connectivity index (χ0) is 13.0. The van der Waals surface area contributed by atoms with Gasteiger partial charge in [-0.15, -0.1) is 0 Å². The molecular weight excluding hydrogens is 314 g/mol. The summed E-state index contributed by atoms with van der Waals surface area (Å²) in [5, 5.41) is 0. The van der Waals surface area contributed by atoms with Crippen molar-refractivity contribution in [2.24, 2.45) is 0 Å². The molecule has 92 valence electrons. The molecule has 0 saturated heterocycles. The third-order valence-electron chi connectivity index (χ3n) is 1.03. The first-order valence-corrected chi connectivity index (χ1v) is 5.77. The number of anilines is 1. The molecule has 0 aliphatic rings. The number of nitrogen functional groups attached to an aromatic ring is 1. The van der Waals surface area contributed by atoms with Crippen molar-refractivity contribution in [2.45, 2.75) is 20.8 Å². The molecule has 0 atom stereocenters. The van der Waals surface area contributed by atoms with Crippen LogP contribution in [0.4, 0.5) is 5.69 Å². The molecule has 1 aromatic carbocycles. The molecule has 5 nitrogen and oxygen atoms in total. The molecule has 3 N–H and O–H groups in total. The number of para-hydroxylation sites is 1. The van der Waals surface area contributed by atoms with Gasteiger partial charge in [0.25, 0.3) is 0 Å². The molecule has 0 radical (unpaired) electrons. The van der Waals surface area contributed by atoms with E-state index in [1.807, 2.05) is 44.2 Å². The molecule has 0 unspecified atom stereocenters. The number of rotatable bonds is 1. The summed E-state index contributed by atoms with van der Waals surface area (Å²) in [7, 11) is -2.45. The van der Waals surface area contributed by atoms with Gasteiger partial charge >= 0.3 is 58.2 Å². The number of hydrogen-bond acceptors (Lipinski definition) is 5. The van der Waals surface area contributed by atoms with Crippen LogP contribution in [0.25, 0.3) is 0 Å². The van der Waals surface area contributed by atoms with Crippen LogP contribution in [0.5, 0.6) is 0 Å². The van der Waals surface area contributed by atoms with Crippen molar-refractivity contribution in [3.8, 4) is 0 Å². The molecule has 1 amide bonds. The predicted octanol–water partition coefficient (Wildman–Crippen LogP) is -1.35. The standard InChI is InChI=1S/C6H7N.C2H4NO3S.C2H6.Rb/c7-6-4-2-1-3-5-6;1-2(4)3-7(5)6;1-2;/h1-5H,7H2;1H3,(H,3,4,5,6);1-2H3;/q;-1;;+1. The monoisotopic (exact) mass is 330 g/mol. The van der Waals surface area contributed by atoms with E-state index in [9.17, 15) is 13.2 Å². The summed E-state index contributed by atoms with van der Waals surface area (Å²) >= 11 is 0. The van der Waals surface area contributed by atoms with Crippen molar-refractivity contribution in [2.75, 3.05) is 5.73 Å². The second kappa shape index (κ2) is 16.2. The van der Waals surface area contributed by atoms with Crippen LogP contribution in [0, 0.1) is 0 Å². The van der Waals surface area contributed by atoms with Gasteiger partial charge in [-0.2, -0.15) is 0 Å². The molecule has 0 saturated carbocycles. The van der Waals surface area contributed by atoms with Crippen LogP contribution >= 0.6 is 0 Å². The summed E-state index contributed by atoms with van der Waals surface area (Å²) in [4.78, 5) is 9.75. The molecule has 1 aromatic rings. The number of hydrogen-bond donors (Lipinski definition) is 2. The van der Waals surface area contributed by atoms with E-state index in [2.05, 4.69) is 0 Å². The Bertz CT molecular complexity index is 348. The molecule has 0 heterocycles. The van der Waals surface area contributed by atoms with E-state index in [1.54, 1.807) is 4.72 Å². The van der Waals surface area contributed by atoms with Crippen molar-refractivity contribution in [1.82, 2.24) is 4.72 Å². The molecular formula is C10H17N2O3RbS. The van der Waals surface area contributed by atoms with E-state index in [0.29, 0.717) is 0 Å². The fourth-order valence-corrected chi connectivity index (χ4v) is 0.805. The van der Waals surface area contributed by atoms with Crippen LogP contribution in [0.2, 0.25) is 0 Å².